The van der Waals surface area contributed by atoms with Gasteiger partial charge in [0.15, 0.2) is 0 Å². The van der Waals surface area contributed by atoms with Crippen molar-refractivity contribution in [2.75, 3.05) is 5.75 Å². The molecule has 120 valence electrons. The number of hydrogen-bond acceptors (Lipinski definition) is 4. The highest BCUT2D eigenvalue weighted by Gasteiger charge is 2.51. The summed E-state index contributed by atoms with van der Waals surface area (Å²) in [5.41, 5.74) is 6.17. The van der Waals surface area contributed by atoms with Crippen LogP contribution in [0.15, 0.2) is 23.9 Å². The molecule has 0 aromatic heterocycles. The van der Waals surface area contributed by atoms with Gasteiger partial charge in [-0.1, -0.05) is 12.7 Å². The SMILES string of the molecule is C=CC1=C(C(=O)O)N2C(=O)C(N)C2SC1.O.O.O.O.O. The van der Waals surface area contributed by atoms with E-state index in [-0.39, 0.29) is 44.4 Å². The lowest BCUT2D eigenvalue weighted by Gasteiger charge is -2.47. The first kappa shape index (κ1) is 27.0. The van der Waals surface area contributed by atoms with Crippen LogP contribution in [0.3, 0.4) is 0 Å². The minimum atomic E-state index is -1.10. The van der Waals surface area contributed by atoms with Crippen molar-refractivity contribution >= 4 is 23.6 Å². The Morgan fingerprint density at radius 1 is 1.35 bits per heavy atom. The van der Waals surface area contributed by atoms with Crippen LogP contribution in [0, 0.1) is 0 Å². The summed E-state index contributed by atoms with van der Waals surface area (Å²) in [5, 5.41) is 8.79. The van der Waals surface area contributed by atoms with E-state index in [4.69, 9.17) is 10.8 Å². The number of hydrogen-bond donors (Lipinski definition) is 2. The van der Waals surface area contributed by atoms with Crippen LogP contribution in [0.25, 0.3) is 0 Å². The second kappa shape index (κ2) is 9.44. The maximum Gasteiger partial charge on any atom is 0.352 e. The Kier molecular flexibility index (Phi) is 12.7. The van der Waals surface area contributed by atoms with Gasteiger partial charge in [-0.05, 0) is 5.57 Å². The predicted octanol–water partition coefficient (Wildman–Crippen LogP) is -4.37. The number of fused-ring (bicyclic) bond motifs is 1. The summed E-state index contributed by atoms with van der Waals surface area (Å²) in [6.45, 7) is 3.54. The van der Waals surface area contributed by atoms with Gasteiger partial charge in [-0.15, -0.1) is 11.8 Å². The lowest BCUT2D eigenvalue weighted by molar-refractivity contribution is -0.147. The molecule has 2 atom stereocenters. The van der Waals surface area contributed by atoms with E-state index in [1.807, 2.05) is 0 Å². The zero-order valence-electron chi connectivity index (χ0n) is 10.3. The molecule has 0 aliphatic carbocycles. The molecule has 11 heteroatoms. The van der Waals surface area contributed by atoms with Crippen molar-refractivity contribution in [2.24, 2.45) is 5.73 Å². The van der Waals surface area contributed by atoms with Crippen LogP contribution in [-0.2, 0) is 9.59 Å². The molecule has 2 rings (SSSR count). The number of nitrogens with two attached hydrogens (primary N) is 1. The molecule has 2 unspecified atom stereocenters. The van der Waals surface area contributed by atoms with E-state index in [9.17, 15) is 9.59 Å². The number of aliphatic carboxylic acids is 1. The van der Waals surface area contributed by atoms with E-state index >= 15 is 0 Å². The molecule has 1 fully saturated rings. The zero-order valence-corrected chi connectivity index (χ0v) is 11.2. The van der Waals surface area contributed by atoms with Gasteiger partial charge in [0.05, 0.1) is 0 Å². The fourth-order valence-corrected chi connectivity index (χ4v) is 2.98. The monoisotopic (exact) mass is 316 g/mol. The number of nitrogens with zero attached hydrogens (tertiary/aromatic N) is 1. The van der Waals surface area contributed by atoms with E-state index in [1.165, 1.54) is 22.7 Å². The van der Waals surface area contributed by atoms with E-state index in [2.05, 4.69) is 6.58 Å². The molecular formula is C9H20N2O8S. The Morgan fingerprint density at radius 2 is 1.85 bits per heavy atom. The first-order valence-corrected chi connectivity index (χ1v) is 5.42. The molecule has 1 amide bonds. The molecule has 0 bridgehead atoms. The van der Waals surface area contributed by atoms with Crippen LogP contribution in [0.1, 0.15) is 0 Å². The number of carbonyl (C=O) groups is 2. The second-order valence-corrected chi connectivity index (χ2v) is 4.42. The fraction of sp³-hybridized carbons (Fsp3) is 0.333. The Morgan fingerprint density at radius 3 is 2.25 bits per heavy atom. The molecule has 2 aliphatic rings. The molecule has 0 aromatic carbocycles. The van der Waals surface area contributed by atoms with Gasteiger partial charge in [0.1, 0.15) is 17.1 Å². The van der Waals surface area contributed by atoms with E-state index in [0.29, 0.717) is 11.3 Å². The topological polar surface area (TPSA) is 241 Å². The highest BCUT2D eigenvalue weighted by Crippen LogP contribution is 2.39. The summed E-state index contributed by atoms with van der Waals surface area (Å²) < 4.78 is 0. The number of rotatable bonds is 2. The van der Waals surface area contributed by atoms with Crippen LogP contribution in [0.2, 0.25) is 0 Å². The smallest absolute Gasteiger partial charge is 0.352 e. The highest BCUT2D eigenvalue weighted by molar-refractivity contribution is 8.00. The minimum absolute atomic E-state index is 0. The number of carboxylic acid groups (broad SMARTS) is 1. The first-order valence-electron chi connectivity index (χ1n) is 4.37. The normalized spacial score (nSPS) is 22.2. The van der Waals surface area contributed by atoms with Gasteiger partial charge in [-0.3, -0.25) is 9.69 Å². The lowest BCUT2D eigenvalue weighted by atomic mass is 10.0. The Labute approximate surface area is 118 Å². The molecule has 20 heavy (non-hydrogen) atoms. The molecule has 2 aliphatic heterocycles. The van der Waals surface area contributed by atoms with E-state index in [0.717, 1.165) is 0 Å². The average molecular weight is 316 g/mol. The molecule has 0 saturated carbocycles. The Hall–Kier alpha value is -1.47. The third kappa shape index (κ3) is 3.55. The summed E-state index contributed by atoms with van der Waals surface area (Å²) in [7, 11) is 0. The molecule has 0 aromatic rings. The molecule has 1 saturated heterocycles. The van der Waals surface area contributed by atoms with Gasteiger partial charge in [0, 0.05) is 5.75 Å². The van der Waals surface area contributed by atoms with Crippen molar-refractivity contribution in [1.29, 1.82) is 0 Å². The Balaban J connectivity index is -0.000000256. The van der Waals surface area contributed by atoms with E-state index in [1.54, 1.807) is 0 Å². The number of carboxylic acids is 1. The molecule has 0 radical (unpaired) electrons. The van der Waals surface area contributed by atoms with Crippen LogP contribution in [-0.4, -0.2) is 66.4 Å². The summed E-state index contributed by atoms with van der Waals surface area (Å²) in [6.07, 6.45) is 1.48. The van der Waals surface area contributed by atoms with Crippen LogP contribution in [0.4, 0.5) is 0 Å². The quantitative estimate of drug-likeness (QED) is 0.478. The first-order chi connectivity index (χ1) is 7.07. The number of amides is 1. The number of allylic oxidation sites excluding steroid dienone is 1. The molecule has 13 N–H and O–H groups in total. The maximum absolute atomic E-state index is 11.4. The third-order valence-electron chi connectivity index (χ3n) is 2.49. The zero-order chi connectivity index (χ0) is 11.2. The standard InChI is InChI=1S/C9H10N2O3S.5H2O/c1-2-4-3-15-8-5(10)7(12)11(8)6(4)9(13)14;;;;;/h2,5,8H,1,3,10H2,(H,13,14);5*1H2. The van der Waals surface area contributed by atoms with Gasteiger partial charge >= 0.3 is 5.97 Å². The van der Waals surface area contributed by atoms with Crippen molar-refractivity contribution in [3.8, 4) is 0 Å². The Bertz CT molecular complexity index is 399. The summed E-state index contributed by atoms with van der Waals surface area (Å²) >= 11 is 1.47. The van der Waals surface area contributed by atoms with Gasteiger partial charge in [-0.2, -0.15) is 0 Å². The van der Waals surface area contributed by atoms with Gasteiger partial charge < -0.3 is 38.2 Å². The lowest BCUT2D eigenvalue weighted by Crippen LogP contribution is -2.68. The number of carbonyl (C=O) groups excluding carboxylic acids is 1. The van der Waals surface area contributed by atoms with Crippen LogP contribution >= 0.6 is 11.8 Å². The molecule has 0 spiro atoms. The molecule has 2 heterocycles. The van der Waals surface area contributed by atoms with Crippen molar-refractivity contribution in [3.05, 3.63) is 23.9 Å². The fourth-order valence-electron chi connectivity index (χ4n) is 1.70. The average Bonchev–Trinajstić information content (AvgIpc) is 2.25. The van der Waals surface area contributed by atoms with Gasteiger partial charge in [-0.25, -0.2) is 4.79 Å². The largest absolute Gasteiger partial charge is 0.477 e. The van der Waals surface area contributed by atoms with Crippen molar-refractivity contribution in [1.82, 2.24) is 4.90 Å². The summed E-state index contributed by atoms with van der Waals surface area (Å²) in [6, 6.07) is -0.573. The van der Waals surface area contributed by atoms with Crippen molar-refractivity contribution in [2.45, 2.75) is 11.4 Å². The summed E-state index contributed by atoms with van der Waals surface area (Å²) in [5.74, 6) is -0.896. The van der Waals surface area contributed by atoms with E-state index < -0.39 is 12.0 Å². The highest BCUT2D eigenvalue weighted by atomic mass is 32.2. The second-order valence-electron chi connectivity index (χ2n) is 3.32. The maximum atomic E-state index is 11.4. The number of thioether (sulfide) groups is 1. The van der Waals surface area contributed by atoms with Crippen LogP contribution < -0.4 is 5.73 Å². The van der Waals surface area contributed by atoms with Crippen molar-refractivity contribution < 1.29 is 42.1 Å². The predicted molar refractivity (Wildman–Crippen MR) is 74.0 cm³/mol. The van der Waals surface area contributed by atoms with Crippen molar-refractivity contribution in [3.63, 3.8) is 0 Å². The van der Waals surface area contributed by atoms with Gasteiger partial charge in [0.2, 0.25) is 5.91 Å². The number of β-lactam (4-membered cyclic amide) rings is 1. The molecular weight excluding hydrogens is 296 g/mol. The van der Waals surface area contributed by atoms with Crippen LogP contribution in [0.5, 0.6) is 0 Å². The third-order valence-corrected chi connectivity index (χ3v) is 3.81. The summed E-state index contributed by atoms with van der Waals surface area (Å²) in [4.78, 5) is 23.7. The molecule has 10 nitrogen and oxygen atoms in total. The minimum Gasteiger partial charge on any atom is -0.477 e. The van der Waals surface area contributed by atoms with Gasteiger partial charge in [0.25, 0.3) is 0 Å².